The molecule has 18 heavy (non-hydrogen) atoms. The highest BCUT2D eigenvalue weighted by atomic mass is 32.2. The van der Waals surface area contributed by atoms with E-state index in [4.69, 9.17) is 5.73 Å². The molecule has 1 rings (SSSR count). The molecule has 0 aliphatic rings. The lowest BCUT2D eigenvalue weighted by molar-refractivity contribution is 0.532. The summed E-state index contributed by atoms with van der Waals surface area (Å²) in [6.45, 7) is 5.97. The molecule has 1 aromatic heterocycles. The summed E-state index contributed by atoms with van der Waals surface area (Å²) in [6, 6.07) is 0. The van der Waals surface area contributed by atoms with E-state index in [0.29, 0.717) is 6.54 Å². The Hall–Kier alpha value is -1.11. The fourth-order valence-corrected chi connectivity index (χ4v) is 2.58. The topological polar surface area (TPSA) is 90.9 Å². The van der Waals surface area contributed by atoms with Gasteiger partial charge in [0.1, 0.15) is 0 Å². The highest BCUT2D eigenvalue weighted by molar-refractivity contribution is 7.92. The predicted molar refractivity (Wildman–Crippen MR) is 70.9 cm³/mol. The second kappa shape index (κ2) is 6.17. The summed E-state index contributed by atoms with van der Waals surface area (Å²) in [6.07, 6.45) is 4.33. The first-order chi connectivity index (χ1) is 8.41. The molecule has 1 aromatic rings. The minimum atomic E-state index is -3.44. The van der Waals surface area contributed by atoms with Crippen LogP contribution in [0.1, 0.15) is 46.5 Å². The summed E-state index contributed by atoms with van der Waals surface area (Å²) in [5.41, 5.74) is 5.80. The first-order valence-electron chi connectivity index (χ1n) is 6.34. The van der Waals surface area contributed by atoms with Crippen LogP contribution in [0.5, 0.6) is 0 Å². The molecule has 7 heteroatoms. The van der Waals surface area contributed by atoms with E-state index in [1.807, 2.05) is 0 Å². The molecule has 0 fully saturated rings. The summed E-state index contributed by atoms with van der Waals surface area (Å²) >= 11 is 0. The lowest BCUT2D eigenvalue weighted by atomic mass is 10.2. The van der Waals surface area contributed by atoms with Crippen molar-refractivity contribution in [1.29, 1.82) is 0 Å². The Morgan fingerprint density at radius 3 is 2.50 bits per heavy atom. The van der Waals surface area contributed by atoms with Crippen molar-refractivity contribution in [1.82, 2.24) is 15.0 Å². The highest BCUT2D eigenvalue weighted by Gasteiger charge is 2.27. The number of nitrogens with two attached hydrogens (primary N) is 1. The van der Waals surface area contributed by atoms with Crippen molar-refractivity contribution < 1.29 is 8.42 Å². The van der Waals surface area contributed by atoms with Crippen LogP contribution in [0.2, 0.25) is 0 Å². The predicted octanol–water partition coefficient (Wildman–Crippen LogP) is 1.62. The van der Waals surface area contributed by atoms with E-state index in [-0.39, 0.29) is 10.8 Å². The van der Waals surface area contributed by atoms with Crippen molar-refractivity contribution in [3.63, 3.8) is 0 Å². The zero-order valence-corrected chi connectivity index (χ0v) is 12.1. The Morgan fingerprint density at radius 1 is 1.28 bits per heavy atom. The van der Waals surface area contributed by atoms with Gasteiger partial charge in [0, 0.05) is 6.54 Å². The normalized spacial score (nSPS) is 12.2. The maximum absolute atomic E-state index is 11.9. The van der Waals surface area contributed by atoms with Crippen LogP contribution in [0, 0.1) is 0 Å². The third kappa shape index (κ3) is 3.22. The molecule has 6 nitrogen and oxygen atoms in total. The third-order valence-corrected chi connectivity index (χ3v) is 4.93. The Morgan fingerprint density at radius 2 is 1.94 bits per heavy atom. The van der Waals surface area contributed by atoms with Crippen molar-refractivity contribution in [2.45, 2.75) is 63.3 Å². The minimum Gasteiger partial charge on any atom is -0.381 e. The zero-order chi connectivity index (χ0) is 13.8. The lowest BCUT2D eigenvalue weighted by Gasteiger charge is -2.06. The standard InChI is InChI=1S/C11H22N4O2S/c1-4-5-6-7-8-15-10(12)11(13-14-15)18(16,17)9(2)3/h9H,4-8,12H2,1-3H3. The summed E-state index contributed by atoms with van der Waals surface area (Å²) in [7, 11) is -3.44. The Balaban J connectivity index is 2.79. The maximum Gasteiger partial charge on any atom is 0.221 e. The van der Waals surface area contributed by atoms with Gasteiger partial charge in [-0.1, -0.05) is 31.4 Å². The van der Waals surface area contributed by atoms with E-state index in [0.717, 1.165) is 25.7 Å². The average Bonchev–Trinajstić information content (AvgIpc) is 2.67. The van der Waals surface area contributed by atoms with Gasteiger partial charge in [0.05, 0.1) is 5.25 Å². The average molecular weight is 274 g/mol. The number of hydrogen-bond acceptors (Lipinski definition) is 5. The van der Waals surface area contributed by atoms with Crippen LogP contribution in [-0.2, 0) is 16.4 Å². The van der Waals surface area contributed by atoms with Gasteiger partial charge in [-0.05, 0) is 20.3 Å². The van der Waals surface area contributed by atoms with E-state index < -0.39 is 15.1 Å². The fraction of sp³-hybridized carbons (Fsp3) is 0.818. The van der Waals surface area contributed by atoms with Crippen LogP contribution in [0.25, 0.3) is 0 Å². The summed E-state index contributed by atoms with van der Waals surface area (Å²) in [5.74, 6) is 0.153. The molecule has 0 aliphatic heterocycles. The monoisotopic (exact) mass is 274 g/mol. The summed E-state index contributed by atoms with van der Waals surface area (Å²) in [5, 5.41) is 6.91. The van der Waals surface area contributed by atoms with Crippen molar-refractivity contribution >= 4 is 15.7 Å². The number of sulfone groups is 1. The number of hydrogen-bond donors (Lipinski definition) is 1. The molecule has 0 aliphatic carbocycles. The molecule has 0 atom stereocenters. The van der Waals surface area contributed by atoms with Crippen molar-refractivity contribution in [2.75, 3.05) is 5.73 Å². The van der Waals surface area contributed by atoms with Crippen molar-refractivity contribution in [3.05, 3.63) is 0 Å². The Kier molecular flexibility index (Phi) is 5.13. The van der Waals surface area contributed by atoms with Gasteiger partial charge in [-0.3, -0.25) is 0 Å². The molecular weight excluding hydrogens is 252 g/mol. The molecule has 1 heterocycles. The molecule has 2 N–H and O–H groups in total. The molecule has 0 saturated heterocycles. The lowest BCUT2D eigenvalue weighted by Crippen LogP contribution is -2.16. The summed E-state index contributed by atoms with van der Waals surface area (Å²) in [4.78, 5) is 0. The number of unbranched alkanes of at least 4 members (excludes halogenated alkanes) is 3. The van der Waals surface area contributed by atoms with Crippen LogP contribution >= 0.6 is 0 Å². The van der Waals surface area contributed by atoms with E-state index in [2.05, 4.69) is 17.2 Å². The van der Waals surface area contributed by atoms with Gasteiger partial charge in [-0.15, -0.1) is 5.10 Å². The Labute approximate surface area is 108 Å². The second-order valence-corrected chi connectivity index (χ2v) is 7.08. The number of anilines is 1. The molecule has 0 aromatic carbocycles. The molecule has 0 radical (unpaired) electrons. The van der Waals surface area contributed by atoms with E-state index in [1.54, 1.807) is 13.8 Å². The molecule has 0 spiro atoms. The second-order valence-electron chi connectivity index (χ2n) is 4.66. The van der Waals surface area contributed by atoms with Gasteiger partial charge >= 0.3 is 0 Å². The number of rotatable bonds is 7. The SMILES string of the molecule is CCCCCCn1nnc(S(=O)(=O)C(C)C)c1N. The van der Waals surface area contributed by atoms with Gasteiger partial charge < -0.3 is 5.73 Å². The van der Waals surface area contributed by atoms with Crippen LogP contribution in [0.15, 0.2) is 5.03 Å². The van der Waals surface area contributed by atoms with E-state index >= 15 is 0 Å². The number of aryl methyl sites for hydroxylation is 1. The molecule has 0 saturated carbocycles. The molecule has 0 bridgehead atoms. The first kappa shape index (κ1) is 14.9. The maximum atomic E-state index is 11.9. The van der Waals surface area contributed by atoms with Gasteiger partial charge in [-0.2, -0.15) is 0 Å². The Bertz CT molecular complexity index is 479. The number of aromatic nitrogens is 3. The van der Waals surface area contributed by atoms with Crippen molar-refractivity contribution in [3.8, 4) is 0 Å². The number of nitrogen functional groups attached to an aromatic ring is 1. The van der Waals surface area contributed by atoms with Crippen LogP contribution < -0.4 is 5.73 Å². The molecular formula is C11H22N4O2S. The van der Waals surface area contributed by atoms with Gasteiger partial charge in [0.2, 0.25) is 14.9 Å². The summed E-state index contributed by atoms with van der Waals surface area (Å²) < 4.78 is 25.4. The quantitative estimate of drug-likeness (QED) is 0.763. The fourth-order valence-electron chi connectivity index (χ4n) is 1.58. The molecule has 104 valence electrons. The van der Waals surface area contributed by atoms with Crippen LogP contribution in [0.3, 0.4) is 0 Å². The van der Waals surface area contributed by atoms with Gasteiger partial charge in [-0.25, -0.2) is 13.1 Å². The first-order valence-corrected chi connectivity index (χ1v) is 7.88. The minimum absolute atomic E-state index is 0.0898. The molecule has 0 amide bonds. The smallest absolute Gasteiger partial charge is 0.221 e. The van der Waals surface area contributed by atoms with E-state index in [9.17, 15) is 8.42 Å². The van der Waals surface area contributed by atoms with Crippen LogP contribution in [0.4, 0.5) is 5.82 Å². The van der Waals surface area contributed by atoms with E-state index in [1.165, 1.54) is 4.68 Å². The largest absolute Gasteiger partial charge is 0.381 e. The van der Waals surface area contributed by atoms with Crippen molar-refractivity contribution in [2.24, 2.45) is 0 Å². The number of nitrogens with zero attached hydrogens (tertiary/aromatic N) is 3. The van der Waals surface area contributed by atoms with Gasteiger partial charge in [0.15, 0.2) is 5.82 Å². The zero-order valence-electron chi connectivity index (χ0n) is 11.3. The van der Waals surface area contributed by atoms with Crippen LogP contribution in [-0.4, -0.2) is 28.7 Å². The highest BCUT2D eigenvalue weighted by Crippen LogP contribution is 2.20. The molecule has 0 unspecified atom stereocenters. The third-order valence-electron chi connectivity index (χ3n) is 2.85. The van der Waals surface area contributed by atoms with Gasteiger partial charge in [0.25, 0.3) is 0 Å².